The van der Waals surface area contributed by atoms with Crippen molar-refractivity contribution in [3.63, 3.8) is 0 Å². The van der Waals surface area contributed by atoms with E-state index in [9.17, 15) is 4.79 Å². The standard InChI is InChI=1S/C16H19N3O4/c1-22-13-6-5-11(8-14(13)23-2)4-3-7-17-15-10-18-12(9-19-15)16(20)21/h5-6,8-10H,3-4,7H2,1-2H3,(H,17,19)(H,20,21). The Bertz CT molecular complexity index is 659. The zero-order chi connectivity index (χ0) is 16.7. The molecule has 0 saturated heterocycles. The number of methoxy groups -OCH3 is 2. The molecule has 0 fully saturated rings. The first-order chi connectivity index (χ1) is 11.1. The quantitative estimate of drug-likeness (QED) is 0.721. The number of carboxylic acids is 1. The number of aryl methyl sites for hydroxylation is 1. The molecule has 1 heterocycles. The molecule has 2 N–H and O–H groups in total. The lowest BCUT2D eigenvalue weighted by Crippen LogP contribution is -2.07. The SMILES string of the molecule is COc1ccc(CCCNc2cnc(C(=O)O)cn2)cc1OC. The van der Waals surface area contributed by atoms with Crippen LogP contribution in [0.25, 0.3) is 0 Å². The molecule has 0 spiro atoms. The summed E-state index contributed by atoms with van der Waals surface area (Å²) in [6.07, 6.45) is 4.41. The molecule has 7 heteroatoms. The van der Waals surface area contributed by atoms with Gasteiger partial charge in [-0.15, -0.1) is 0 Å². The van der Waals surface area contributed by atoms with Gasteiger partial charge in [-0.05, 0) is 30.5 Å². The number of anilines is 1. The van der Waals surface area contributed by atoms with Gasteiger partial charge >= 0.3 is 5.97 Å². The lowest BCUT2D eigenvalue weighted by Gasteiger charge is -2.10. The third kappa shape index (κ3) is 4.57. The van der Waals surface area contributed by atoms with E-state index in [-0.39, 0.29) is 5.69 Å². The van der Waals surface area contributed by atoms with Crippen LogP contribution >= 0.6 is 0 Å². The summed E-state index contributed by atoms with van der Waals surface area (Å²) < 4.78 is 10.5. The lowest BCUT2D eigenvalue weighted by atomic mass is 10.1. The molecule has 1 aromatic heterocycles. The minimum Gasteiger partial charge on any atom is -0.493 e. The number of hydrogen-bond acceptors (Lipinski definition) is 6. The van der Waals surface area contributed by atoms with Crippen LogP contribution in [0, 0.1) is 0 Å². The van der Waals surface area contributed by atoms with Crippen molar-refractivity contribution in [2.24, 2.45) is 0 Å². The Kier molecular flexibility index (Phi) is 5.74. The van der Waals surface area contributed by atoms with Gasteiger partial charge < -0.3 is 19.9 Å². The molecule has 0 aliphatic heterocycles. The van der Waals surface area contributed by atoms with Crippen molar-refractivity contribution in [2.45, 2.75) is 12.8 Å². The van der Waals surface area contributed by atoms with Crippen LogP contribution in [-0.4, -0.2) is 41.8 Å². The maximum Gasteiger partial charge on any atom is 0.356 e. The zero-order valence-corrected chi connectivity index (χ0v) is 13.1. The van der Waals surface area contributed by atoms with E-state index in [0.29, 0.717) is 23.9 Å². The molecule has 122 valence electrons. The van der Waals surface area contributed by atoms with Gasteiger partial charge in [-0.25, -0.2) is 14.8 Å². The summed E-state index contributed by atoms with van der Waals surface area (Å²) in [7, 11) is 3.22. The van der Waals surface area contributed by atoms with Gasteiger partial charge in [-0.3, -0.25) is 0 Å². The fourth-order valence-electron chi connectivity index (χ4n) is 2.07. The molecule has 0 saturated carbocycles. The molecule has 0 aliphatic carbocycles. The van der Waals surface area contributed by atoms with Crippen molar-refractivity contribution >= 4 is 11.8 Å². The molecule has 0 bridgehead atoms. The Morgan fingerprint density at radius 1 is 1.17 bits per heavy atom. The van der Waals surface area contributed by atoms with Crippen LogP contribution in [0.3, 0.4) is 0 Å². The summed E-state index contributed by atoms with van der Waals surface area (Å²) in [5.41, 5.74) is 1.08. The molecule has 23 heavy (non-hydrogen) atoms. The van der Waals surface area contributed by atoms with Crippen molar-refractivity contribution in [1.82, 2.24) is 9.97 Å². The number of nitrogens with one attached hydrogen (secondary N) is 1. The number of aromatic nitrogens is 2. The average Bonchev–Trinajstić information content (AvgIpc) is 2.58. The normalized spacial score (nSPS) is 10.2. The van der Waals surface area contributed by atoms with Crippen molar-refractivity contribution in [3.05, 3.63) is 41.9 Å². The van der Waals surface area contributed by atoms with Crippen molar-refractivity contribution < 1.29 is 19.4 Å². The zero-order valence-electron chi connectivity index (χ0n) is 13.1. The summed E-state index contributed by atoms with van der Waals surface area (Å²) in [6.45, 7) is 0.704. The molecule has 0 aliphatic rings. The topological polar surface area (TPSA) is 93.6 Å². The van der Waals surface area contributed by atoms with Crippen LogP contribution in [0.2, 0.25) is 0 Å². The molecule has 2 rings (SSSR count). The third-order valence-corrected chi connectivity index (χ3v) is 3.27. The van der Waals surface area contributed by atoms with Crippen LogP contribution in [0.5, 0.6) is 11.5 Å². The van der Waals surface area contributed by atoms with Crippen LogP contribution in [0.1, 0.15) is 22.5 Å². The van der Waals surface area contributed by atoms with E-state index in [2.05, 4.69) is 15.3 Å². The van der Waals surface area contributed by atoms with E-state index in [0.717, 1.165) is 18.4 Å². The number of aromatic carboxylic acids is 1. The van der Waals surface area contributed by atoms with E-state index in [1.807, 2.05) is 18.2 Å². The van der Waals surface area contributed by atoms with Gasteiger partial charge in [0.05, 0.1) is 26.6 Å². The Morgan fingerprint density at radius 2 is 1.96 bits per heavy atom. The predicted octanol–water partition coefficient (Wildman–Crippen LogP) is 2.24. The van der Waals surface area contributed by atoms with Gasteiger partial charge in [0.1, 0.15) is 5.82 Å². The Morgan fingerprint density at radius 3 is 2.57 bits per heavy atom. The van der Waals surface area contributed by atoms with Crippen molar-refractivity contribution in [2.75, 3.05) is 26.1 Å². The number of ether oxygens (including phenoxy) is 2. The van der Waals surface area contributed by atoms with Crippen LogP contribution in [0.4, 0.5) is 5.82 Å². The van der Waals surface area contributed by atoms with Gasteiger partial charge in [0, 0.05) is 6.54 Å². The maximum atomic E-state index is 10.7. The number of hydrogen-bond donors (Lipinski definition) is 2. The van der Waals surface area contributed by atoms with Crippen LogP contribution in [-0.2, 0) is 6.42 Å². The molecule has 0 amide bonds. The number of carboxylic acid groups (broad SMARTS) is 1. The van der Waals surface area contributed by atoms with E-state index >= 15 is 0 Å². The van der Waals surface area contributed by atoms with Gasteiger partial charge in [0.2, 0.25) is 0 Å². The number of rotatable bonds is 8. The first kappa shape index (κ1) is 16.5. The molecule has 2 aromatic rings. The molecule has 7 nitrogen and oxygen atoms in total. The summed E-state index contributed by atoms with van der Waals surface area (Å²) >= 11 is 0. The molecule has 0 atom stereocenters. The van der Waals surface area contributed by atoms with E-state index in [1.54, 1.807) is 14.2 Å². The van der Waals surface area contributed by atoms with Crippen molar-refractivity contribution in [3.8, 4) is 11.5 Å². The molecular formula is C16H19N3O4. The number of carbonyl (C=O) groups is 1. The number of benzene rings is 1. The van der Waals surface area contributed by atoms with Gasteiger partial charge in [-0.2, -0.15) is 0 Å². The Balaban J connectivity index is 1.82. The van der Waals surface area contributed by atoms with E-state index < -0.39 is 5.97 Å². The largest absolute Gasteiger partial charge is 0.493 e. The monoisotopic (exact) mass is 317 g/mol. The molecule has 1 aromatic carbocycles. The summed E-state index contributed by atoms with van der Waals surface area (Å²) in [6, 6.07) is 5.85. The van der Waals surface area contributed by atoms with Gasteiger partial charge in [0.15, 0.2) is 17.2 Å². The smallest absolute Gasteiger partial charge is 0.356 e. The fraction of sp³-hybridized carbons (Fsp3) is 0.312. The highest BCUT2D eigenvalue weighted by atomic mass is 16.5. The Hall–Kier alpha value is -2.83. The minimum atomic E-state index is -1.09. The summed E-state index contributed by atoms with van der Waals surface area (Å²) in [4.78, 5) is 18.5. The molecule has 0 radical (unpaired) electrons. The highest BCUT2D eigenvalue weighted by Gasteiger charge is 2.06. The second-order valence-corrected chi connectivity index (χ2v) is 4.81. The van der Waals surface area contributed by atoms with Gasteiger partial charge in [-0.1, -0.05) is 6.07 Å². The average molecular weight is 317 g/mol. The van der Waals surface area contributed by atoms with Crippen LogP contribution < -0.4 is 14.8 Å². The van der Waals surface area contributed by atoms with E-state index in [4.69, 9.17) is 14.6 Å². The highest BCUT2D eigenvalue weighted by molar-refractivity contribution is 5.84. The summed E-state index contributed by atoms with van der Waals surface area (Å²) in [5, 5.41) is 11.9. The number of nitrogens with zero attached hydrogens (tertiary/aromatic N) is 2. The highest BCUT2D eigenvalue weighted by Crippen LogP contribution is 2.27. The Labute approximate surface area is 134 Å². The minimum absolute atomic E-state index is 0.0686. The fourth-order valence-corrected chi connectivity index (χ4v) is 2.07. The molecular weight excluding hydrogens is 298 g/mol. The second-order valence-electron chi connectivity index (χ2n) is 4.81. The summed E-state index contributed by atoms with van der Waals surface area (Å²) in [5.74, 6) is 0.899. The first-order valence-electron chi connectivity index (χ1n) is 7.14. The third-order valence-electron chi connectivity index (χ3n) is 3.27. The predicted molar refractivity (Wildman–Crippen MR) is 85.3 cm³/mol. The lowest BCUT2D eigenvalue weighted by molar-refractivity contribution is 0.0690. The second kappa shape index (κ2) is 7.98. The molecule has 0 unspecified atom stereocenters. The van der Waals surface area contributed by atoms with Crippen LogP contribution in [0.15, 0.2) is 30.6 Å². The van der Waals surface area contributed by atoms with E-state index in [1.165, 1.54) is 12.4 Å². The van der Waals surface area contributed by atoms with Gasteiger partial charge in [0.25, 0.3) is 0 Å². The maximum absolute atomic E-state index is 10.7. The first-order valence-corrected chi connectivity index (χ1v) is 7.14. The van der Waals surface area contributed by atoms with Crippen molar-refractivity contribution in [1.29, 1.82) is 0 Å².